The van der Waals surface area contributed by atoms with Crippen LogP contribution in [-0.2, 0) is 0 Å². The van der Waals surface area contributed by atoms with Gasteiger partial charge < -0.3 is 5.11 Å². The molecule has 4 aromatic carbocycles. The van der Waals surface area contributed by atoms with Gasteiger partial charge in [-0.15, -0.1) is 0 Å². The summed E-state index contributed by atoms with van der Waals surface area (Å²) in [5.74, 6) is -0.131. The number of para-hydroxylation sites is 1. The zero-order valence-corrected chi connectivity index (χ0v) is 16.1. The first-order chi connectivity index (χ1) is 14.7. The van der Waals surface area contributed by atoms with Crippen molar-refractivity contribution in [3.05, 3.63) is 113 Å². The molecule has 0 aliphatic heterocycles. The lowest BCUT2D eigenvalue weighted by Gasteiger charge is -2.13. The van der Waals surface area contributed by atoms with Crippen LogP contribution in [0, 0.1) is 0 Å². The normalized spacial score (nSPS) is 11.5. The Balaban J connectivity index is 1.77. The highest BCUT2D eigenvalue weighted by Crippen LogP contribution is 2.29. The summed E-state index contributed by atoms with van der Waals surface area (Å²) >= 11 is 0. The highest BCUT2D eigenvalue weighted by molar-refractivity contribution is 6.03. The molecule has 0 fully saturated rings. The minimum absolute atomic E-state index is 0.131. The Morgan fingerprint density at radius 2 is 1.33 bits per heavy atom. The number of pyridine rings is 1. The van der Waals surface area contributed by atoms with Crippen molar-refractivity contribution in [2.75, 3.05) is 0 Å². The van der Waals surface area contributed by atoms with Gasteiger partial charge in [-0.2, -0.15) is 0 Å². The fraction of sp³-hybridized carbons (Fsp3) is 0. The number of hydrogen-bond acceptors (Lipinski definition) is 3. The molecule has 30 heavy (non-hydrogen) atoms. The molecule has 4 heteroatoms. The Kier molecular flexibility index (Phi) is 4.37. The van der Waals surface area contributed by atoms with E-state index >= 15 is 0 Å². The summed E-state index contributed by atoms with van der Waals surface area (Å²) in [6.07, 6.45) is 1.64. The van der Waals surface area contributed by atoms with Crippen LogP contribution in [0.4, 0.5) is 5.69 Å². The monoisotopic (exact) mass is 390 g/mol. The quantitative estimate of drug-likeness (QED) is 0.408. The predicted molar refractivity (Wildman–Crippen MR) is 122 cm³/mol. The molecule has 5 rings (SSSR count). The van der Waals surface area contributed by atoms with E-state index in [0.29, 0.717) is 22.0 Å². The van der Waals surface area contributed by atoms with Gasteiger partial charge in [0, 0.05) is 22.4 Å². The maximum atomic E-state index is 13.1. The summed E-state index contributed by atoms with van der Waals surface area (Å²) in [7, 11) is 0. The van der Waals surface area contributed by atoms with Crippen LogP contribution in [0.2, 0.25) is 0 Å². The number of rotatable bonds is 3. The van der Waals surface area contributed by atoms with E-state index in [0.717, 1.165) is 16.5 Å². The molecular formula is C26H18N2O2. The largest absolute Gasteiger partial charge is 0.494 e. The molecule has 0 amide bonds. The topological polar surface area (TPSA) is 54.6 Å². The third-order valence-corrected chi connectivity index (χ3v) is 5.22. The third kappa shape index (κ3) is 2.95. The highest BCUT2D eigenvalue weighted by atomic mass is 16.3. The van der Waals surface area contributed by atoms with Gasteiger partial charge >= 0.3 is 0 Å². The third-order valence-electron chi connectivity index (χ3n) is 5.22. The Hall–Kier alpha value is -4.18. The van der Waals surface area contributed by atoms with Gasteiger partial charge in [-0.1, -0.05) is 72.8 Å². The minimum atomic E-state index is -0.267. The molecule has 144 valence electrons. The average Bonchev–Trinajstić information content (AvgIpc) is 2.80. The second-order valence-electron chi connectivity index (χ2n) is 7.02. The van der Waals surface area contributed by atoms with Crippen LogP contribution in [0.1, 0.15) is 5.56 Å². The Labute approximate surface area is 173 Å². The fourth-order valence-corrected chi connectivity index (χ4v) is 3.76. The molecule has 0 radical (unpaired) electrons. The summed E-state index contributed by atoms with van der Waals surface area (Å²) in [4.78, 5) is 17.8. The van der Waals surface area contributed by atoms with E-state index in [4.69, 9.17) is 0 Å². The van der Waals surface area contributed by atoms with E-state index < -0.39 is 0 Å². The Morgan fingerprint density at radius 1 is 0.700 bits per heavy atom. The maximum Gasteiger partial charge on any atom is 0.265 e. The van der Waals surface area contributed by atoms with Crippen LogP contribution in [0.3, 0.4) is 0 Å². The molecule has 4 nitrogen and oxygen atoms in total. The van der Waals surface area contributed by atoms with E-state index in [2.05, 4.69) is 4.99 Å². The van der Waals surface area contributed by atoms with Crippen molar-refractivity contribution in [1.29, 1.82) is 0 Å². The molecule has 1 aromatic heterocycles. The van der Waals surface area contributed by atoms with Crippen molar-refractivity contribution >= 4 is 33.4 Å². The van der Waals surface area contributed by atoms with Crippen LogP contribution in [0.15, 0.2) is 107 Å². The standard InChI is InChI=1S/C26H18N2O2/c29-25-22-15-7-6-14-21(22)23(26(30)28(25)19-11-2-1-3-12-19)17-27-24-16-8-10-18-9-4-5-13-20(18)24/h1-17,30H. The number of aromatic nitrogens is 1. The van der Waals surface area contributed by atoms with Gasteiger partial charge in [0.05, 0.1) is 16.9 Å². The van der Waals surface area contributed by atoms with Gasteiger partial charge in [0.15, 0.2) is 0 Å². The summed E-state index contributed by atoms with van der Waals surface area (Å²) in [6.45, 7) is 0. The van der Waals surface area contributed by atoms with Crippen molar-refractivity contribution in [3.8, 4) is 11.6 Å². The van der Waals surface area contributed by atoms with Crippen molar-refractivity contribution in [2.45, 2.75) is 0 Å². The molecule has 0 saturated heterocycles. The van der Waals surface area contributed by atoms with E-state index in [1.54, 1.807) is 24.4 Å². The zero-order valence-electron chi connectivity index (χ0n) is 16.1. The summed E-state index contributed by atoms with van der Waals surface area (Å²) in [6, 6.07) is 30.3. The van der Waals surface area contributed by atoms with Crippen LogP contribution in [0.25, 0.3) is 27.2 Å². The first kappa shape index (κ1) is 17.9. The molecule has 0 unspecified atom stereocenters. The molecule has 1 N–H and O–H groups in total. The van der Waals surface area contributed by atoms with Crippen LogP contribution in [0.5, 0.6) is 5.88 Å². The van der Waals surface area contributed by atoms with Crippen LogP contribution < -0.4 is 5.56 Å². The SMILES string of the molecule is O=c1c2ccccc2c(C=Nc2cccc3ccccc23)c(O)n1-c1ccccc1. The number of hydrogen-bond donors (Lipinski definition) is 1. The van der Waals surface area contributed by atoms with Gasteiger partial charge in [-0.25, -0.2) is 4.57 Å². The van der Waals surface area contributed by atoms with Gasteiger partial charge in [-0.3, -0.25) is 9.79 Å². The predicted octanol–water partition coefficient (Wildman–Crippen LogP) is 5.60. The van der Waals surface area contributed by atoms with Gasteiger partial charge in [0.25, 0.3) is 5.56 Å². The van der Waals surface area contributed by atoms with E-state index in [-0.39, 0.29) is 11.4 Å². The summed E-state index contributed by atoms with van der Waals surface area (Å²) in [5.41, 5.74) is 1.64. The molecule has 0 aliphatic carbocycles. The Morgan fingerprint density at radius 3 is 2.13 bits per heavy atom. The van der Waals surface area contributed by atoms with Crippen molar-refractivity contribution < 1.29 is 5.11 Å². The Bertz CT molecular complexity index is 1460. The number of nitrogens with zero attached hydrogens (tertiary/aromatic N) is 2. The lowest BCUT2D eigenvalue weighted by atomic mass is 10.1. The molecule has 5 aromatic rings. The van der Waals surface area contributed by atoms with Gasteiger partial charge in [0.2, 0.25) is 5.88 Å². The average molecular weight is 390 g/mol. The molecule has 0 aliphatic rings. The smallest absolute Gasteiger partial charge is 0.265 e. The zero-order chi connectivity index (χ0) is 20.5. The number of aliphatic imine (C=N–C) groups is 1. The van der Waals surface area contributed by atoms with Crippen LogP contribution >= 0.6 is 0 Å². The lowest BCUT2D eigenvalue weighted by Crippen LogP contribution is -2.20. The van der Waals surface area contributed by atoms with Crippen molar-refractivity contribution in [3.63, 3.8) is 0 Å². The molecule has 1 heterocycles. The second-order valence-corrected chi connectivity index (χ2v) is 7.02. The van der Waals surface area contributed by atoms with Gasteiger partial charge in [0.1, 0.15) is 0 Å². The highest BCUT2D eigenvalue weighted by Gasteiger charge is 2.16. The number of aromatic hydroxyl groups is 1. The second kappa shape index (κ2) is 7.33. The van der Waals surface area contributed by atoms with E-state index in [9.17, 15) is 9.90 Å². The molecule has 0 bridgehead atoms. The first-order valence-corrected chi connectivity index (χ1v) is 9.68. The fourth-order valence-electron chi connectivity index (χ4n) is 3.76. The summed E-state index contributed by atoms with van der Waals surface area (Å²) < 4.78 is 1.33. The van der Waals surface area contributed by atoms with Crippen molar-refractivity contribution in [2.24, 2.45) is 4.99 Å². The lowest BCUT2D eigenvalue weighted by molar-refractivity contribution is 0.436. The summed E-state index contributed by atoms with van der Waals surface area (Å²) in [5, 5.41) is 14.4. The number of benzene rings is 4. The molecular weight excluding hydrogens is 372 g/mol. The van der Waals surface area contributed by atoms with Crippen molar-refractivity contribution in [1.82, 2.24) is 4.57 Å². The van der Waals surface area contributed by atoms with E-state index in [1.807, 2.05) is 78.9 Å². The van der Waals surface area contributed by atoms with Crippen LogP contribution in [-0.4, -0.2) is 15.9 Å². The molecule has 0 spiro atoms. The van der Waals surface area contributed by atoms with E-state index in [1.165, 1.54) is 4.57 Å². The number of fused-ring (bicyclic) bond motifs is 2. The molecule has 0 saturated carbocycles. The maximum absolute atomic E-state index is 13.1. The first-order valence-electron chi connectivity index (χ1n) is 9.68. The molecule has 0 atom stereocenters. The minimum Gasteiger partial charge on any atom is -0.494 e. The van der Waals surface area contributed by atoms with Gasteiger partial charge in [-0.05, 0) is 29.7 Å².